The SMILES string of the molecule is Cc1ccncc1C(=O)N1C[C@@H](COCC2CC2)[C@H](c2ccncc2)C1. The third-order valence-corrected chi connectivity index (χ3v) is 5.51. The topological polar surface area (TPSA) is 55.3 Å². The average molecular weight is 351 g/mol. The van der Waals surface area contributed by atoms with E-state index in [0.29, 0.717) is 24.6 Å². The van der Waals surface area contributed by atoms with Crippen LogP contribution >= 0.6 is 0 Å². The molecule has 1 saturated carbocycles. The van der Waals surface area contributed by atoms with E-state index in [2.05, 4.69) is 22.1 Å². The third kappa shape index (κ3) is 3.78. The molecule has 0 unspecified atom stereocenters. The highest BCUT2D eigenvalue weighted by molar-refractivity contribution is 5.95. The lowest BCUT2D eigenvalue weighted by atomic mass is 9.90. The highest BCUT2D eigenvalue weighted by Crippen LogP contribution is 2.35. The Hall–Kier alpha value is -2.27. The predicted molar refractivity (Wildman–Crippen MR) is 98.9 cm³/mol. The summed E-state index contributed by atoms with van der Waals surface area (Å²) in [6.45, 7) is 4.97. The van der Waals surface area contributed by atoms with Gasteiger partial charge < -0.3 is 9.64 Å². The first-order valence-corrected chi connectivity index (χ1v) is 9.40. The fourth-order valence-electron chi connectivity index (χ4n) is 3.72. The smallest absolute Gasteiger partial charge is 0.255 e. The zero-order valence-electron chi connectivity index (χ0n) is 15.2. The number of ether oxygens (including phenoxy) is 1. The lowest BCUT2D eigenvalue weighted by Crippen LogP contribution is -2.30. The number of hydrogen-bond donors (Lipinski definition) is 0. The molecule has 5 heteroatoms. The second kappa shape index (κ2) is 7.54. The summed E-state index contributed by atoms with van der Waals surface area (Å²) in [6.07, 6.45) is 9.65. The van der Waals surface area contributed by atoms with Gasteiger partial charge in [0, 0.05) is 56.3 Å². The van der Waals surface area contributed by atoms with Crippen molar-refractivity contribution in [1.82, 2.24) is 14.9 Å². The molecule has 2 aromatic heterocycles. The van der Waals surface area contributed by atoms with Gasteiger partial charge in [-0.15, -0.1) is 0 Å². The van der Waals surface area contributed by atoms with E-state index in [4.69, 9.17) is 4.74 Å². The van der Waals surface area contributed by atoms with Gasteiger partial charge in [-0.05, 0) is 55.0 Å². The summed E-state index contributed by atoms with van der Waals surface area (Å²) in [5.74, 6) is 1.43. The Kier molecular flexibility index (Phi) is 4.98. The first-order chi connectivity index (χ1) is 12.7. The van der Waals surface area contributed by atoms with E-state index < -0.39 is 0 Å². The number of carbonyl (C=O) groups excluding carboxylic acids is 1. The van der Waals surface area contributed by atoms with Crippen molar-refractivity contribution in [3.8, 4) is 0 Å². The minimum Gasteiger partial charge on any atom is -0.381 e. The molecule has 1 saturated heterocycles. The van der Waals surface area contributed by atoms with Gasteiger partial charge in [0.15, 0.2) is 0 Å². The Bertz CT molecular complexity index is 761. The Morgan fingerprint density at radius 1 is 1.12 bits per heavy atom. The number of pyridine rings is 2. The predicted octanol–water partition coefficient (Wildman–Crippen LogP) is 3.07. The number of nitrogens with zero attached hydrogens (tertiary/aromatic N) is 3. The van der Waals surface area contributed by atoms with Crippen molar-refractivity contribution in [3.05, 3.63) is 59.7 Å². The van der Waals surface area contributed by atoms with Gasteiger partial charge in [0.2, 0.25) is 0 Å². The summed E-state index contributed by atoms with van der Waals surface area (Å²) in [7, 11) is 0. The van der Waals surface area contributed by atoms with Crippen LogP contribution in [0.5, 0.6) is 0 Å². The molecule has 136 valence electrons. The van der Waals surface area contributed by atoms with Crippen LogP contribution in [-0.2, 0) is 4.74 Å². The van der Waals surface area contributed by atoms with Crippen LogP contribution in [0.2, 0.25) is 0 Å². The summed E-state index contributed by atoms with van der Waals surface area (Å²) < 4.78 is 5.98. The molecule has 0 N–H and O–H groups in total. The molecular formula is C21H25N3O2. The third-order valence-electron chi connectivity index (χ3n) is 5.51. The molecule has 2 fully saturated rings. The molecular weight excluding hydrogens is 326 g/mol. The van der Waals surface area contributed by atoms with Crippen LogP contribution in [0.1, 0.15) is 40.2 Å². The number of aryl methyl sites for hydroxylation is 1. The van der Waals surface area contributed by atoms with Crippen LogP contribution in [0.25, 0.3) is 0 Å². The molecule has 3 heterocycles. The number of aromatic nitrogens is 2. The van der Waals surface area contributed by atoms with Gasteiger partial charge >= 0.3 is 0 Å². The van der Waals surface area contributed by atoms with Gasteiger partial charge in [0.05, 0.1) is 12.2 Å². The molecule has 26 heavy (non-hydrogen) atoms. The number of hydrogen-bond acceptors (Lipinski definition) is 4. The molecule has 1 aliphatic heterocycles. The second-order valence-electron chi connectivity index (χ2n) is 7.53. The van der Waals surface area contributed by atoms with E-state index in [1.54, 1.807) is 12.4 Å². The van der Waals surface area contributed by atoms with E-state index in [1.165, 1.54) is 18.4 Å². The van der Waals surface area contributed by atoms with Crippen LogP contribution in [0, 0.1) is 18.8 Å². The molecule has 2 aromatic rings. The van der Waals surface area contributed by atoms with Crippen molar-refractivity contribution in [1.29, 1.82) is 0 Å². The fraction of sp³-hybridized carbons (Fsp3) is 0.476. The van der Waals surface area contributed by atoms with Crippen LogP contribution in [0.3, 0.4) is 0 Å². The quantitative estimate of drug-likeness (QED) is 0.803. The van der Waals surface area contributed by atoms with E-state index in [-0.39, 0.29) is 11.8 Å². The summed E-state index contributed by atoms with van der Waals surface area (Å²) in [6, 6.07) is 6.00. The summed E-state index contributed by atoms with van der Waals surface area (Å²) in [4.78, 5) is 23.2. The van der Waals surface area contributed by atoms with Crippen LogP contribution in [0.15, 0.2) is 43.0 Å². The highest BCUT2D eigenvalue weighted by atomic mass is 16.5. The fourth-order valence-corrected chi connectivity index (χ4v) is 3.72. The van der Waals surface area contributed by atoms with Crippen molar-refractivity contribution in [2.45, 2.75) is 25.7 Å². The molecule has 0 bridgehead atoms. The molecule has 0 aromatic carbocycles. The monoisotopic (exact) mass is 351 g/mol. The first kappa shape index (κ1) is 17.2. The maximum Gasteiger partial charge on any atom is 0.255 e. The van der Waals surface area contributed by atoms with E-state index in [9.17, 15) is 4.79 Å². The molecule has 2 aliphatic rings. The number of rotatable bonds is 6. The van der Waals surface area contributed by atoms with Crippen molar-refractivity contribution in [2.24, 2.45) is 11.8 Å². The van der Waals surface area contributed by atoms with Gasteiger partial charge in [-0.1, -0.05) is 0 Å². The van der Waals surface area contributed by atoms with Gasteiger partial charge in [-0.3, -0.25) is 14.8 Å². The lowest BCUT2D eigenvalue weighted by Gasteiger charge is -2.18. The zero-order chi connectivity index (χ0) is 17.9. The largest absolute Gasteiger partial charge is 0.381 e. The van der Waals surface area contributed by atoms with E-state index in [1.807, 2.05) is 30.3 Å². The minimum absolute atomic E-state index is 0.0688. The van der Waals surface area contributed by atoms with Crippen molar-refractivity contribution in [2.75, 3.05) is 26.3 Å². The standard InChI is InChI=1S/C21H25N3O2/c1-15-4-7-23-10-19(15)21(25)24-11-18(14-26-13-16-2-3-16)20(12-24)17-5-8-22-9-6-17/h4-10,16,18,20H,2-3,11-14H2,1H3/t18-,20-/m0/s1. The number of likely N-dealkylation sites (tertiary alicyclic amines) is 1. The molecule has 0 radical (unpaired) electrons. The van der Waals surface area contributed by atoms with Gasteiger partial charge in [-0.25, -0.2) is 0 Å². The van der Waals surface area contributed by atoms with E-state index >= 15 is 0 Å². The Labute approximate surface area is 154 Å². The van der Waals surface area contributed by atoms with Crippen LogP contribution < -0.4 is 0 Å². The Morgan fingerprint density at radius 3 is 2.62 bits per heavy atom. The Balaban J connectivity index is 1.50. The molecule has 2 atom stereocenters. The van der Waals surface area contributed by atoms with Crippen molar-refractivity contribution >= 4 is 5.91 Å². The van der Waals surface area contributed by atoms with Gasteiger partial charge in [0.25, 0.3) is 5.91 Å². The highest BCUT2D eigenvalue weighted by Gasteiger charge is 2.37. The van der Waals surface area contributed by atoms with Gasteiger partial charge in [-0.2, -0.15) is 0 Å². The van der Waals surface area contributed by atoms with Crippen molar-refractivity contribution < 1.29 is 9.53 Å². The zero-order valence-corrected chi connectivity index (χ0v) is 15.2. The maximum atomic E-state index is 13.0. The summed E-state index contributed by atoms with van der Waals surface area (Å²) in [5, 5.41) is 0. The van der Waals surface area contributed by atoms with Crippen molar-refractivity contribution in [3.63, 3.8) is 0 Å². The molecule has 0 spiro atoms. The second-order valence-corrected chi connectivity index (χ2v) is 7.53. The summed E-state index contributed by atoms with van der Waals surface area (Å²) >= 11 is 0. The molecule has 1 amide bonds. The van der Waals surface area contributed by atoms with Crippen LogP contribution in [0.4, 0.5) is 0 Å². The average Bonchev–Trinajstić information content (AvgIpc) is 3.39. The number of carbonyl (C=O) groups is 1. The molecule has 1 aliphatic carbocycles. The molecule has 4 rings (SSSR count). The Morgan fingerprint density at radius 2 is 1.88 bits per heavy atom. The maximum absolute atomic E-state index is 13.0. The minimum atomic E-state index is 0.0688. The first-order valence-electron chi connectivity index (χ1n) is 9.40. The lowest BCUT2D eigenvalue weighted by molar-refractivity contribution is 0.0738. The number of amides is 1. The van der Waals surface area contributed by atoms with E-state index in [0.717, 1.165) is 24.6 Å². The van der Waals surface area contributed by atoms with Crippen LogP contribution in [-0.4, -0.2) is 47.1 Å². The summed E-state index contributed by atoms with van der Waals surface area (Å²) in [5.41, 5.74) is 2.90. The molecule has 5 nitrogen and oxygen atoms in total. The normalized spacial score (nSPS) is 22.6. The van der Waals surface area contributed by atoms with Gasteiger partial charge in [0.1, 0.15) is 0 Å².